The van der Waals surface area contributed by atoms with E-state index in [1.165, 1.54) is 12.1 Å². The fourth-order valence-electron chi connectivity index (χ4n) is 2.38. The van der Waals surface area contributed by atoms with Crippen LogP contribution in [0.15, 0.2) is 47.0 Å². The van der Waals surface area contributed by atoms with E-state index >= 15 is 0 Å². The van der Waals surface area contributed by atoms with Crippen molar-refractivity contribution in [2.24, 2.45) is 0 Å². The molecular weight excluding hydrogens is 323 g/mol. The van der Waals surface area contributed by atoms with Crippen LogP contribution < -0.4 is 0 Å². The molecule has 0 saturated heterocycles. The van der Waals surface area contributed by atoms with Crippen LogP contribution in [0, 0.1) is 0 Å². The van der Waals surface area contributed by atoms with E-state index in [1.54, 1.807) is 18.2 Å². The average Bonchev–Trinajstić information content (AvgIpc) is 3.23. The lowest BCUT2D eigenvalue weighted by Crippen LogP contribution is -2.03. The molecule has 0 bridgehead atoms. The van der Waals surface area contributed by atoms with E-state index in [-0.39, 0.29) is 0 Å². The summed E-state index contributed by atoms with van der Waals surface area (Å²) < 4.78 is 43.3. The predicted molar refractivity (Wildman–Crippen MR) is 77.6 cm³/mol. The van der Waals surface area contributed by atoms with Crippen LogP contribution in [0.25, 0.3) is 33.6 Å². The molecule has 0 spiro atoms. The van der Waals surface area contributed by atoms with Crippen LogP contribution in [0.4, 0.5) is 13.2 Å². The van der Waals surface area contributed by atoms with E-state index < -0.39 is 11.7 Å². The maximum absolute atomic E-state index is 12.7. The van der Waals surface area contributed by atoms with Crippen molar-refractivity contribution in [2.45, 2.75) is 6.18 Å². The Morgan fingerprint density at radius 3 is 2.38 bits per heavy atom. The van der Waals surface area contributed by atoms with Gasteiger partial charge in [-0.1, -0.05) is 17.3 Å². The second-order valence-electron chi connectivity index (χ2n) is 5.05. The lowest BCUT2D eigenvalue weighted by Gasteiger charge is -2.06. The summed E-state index contributed by atoms with van der Waals surface area (Å²) >= 11 is 0. The summed E-state index contributed by atoms with van der Waals surface area (Å²) in [5, 5.41) is 18.2. The maximum Gasteiger partial charge on any atom is 0.416 e. The Morgan fingerprint density at radius 1 is 0.958 bits per heavy atom. The number of H-pyrrole nitrogens is 1. The van der Waals surface area contributed by atoms with Crippen LogP contribution in [0.3, 0.4) is 0 Å². The highest BCUT2D eigenvalue weighted by Gasteiger charge is 2.30. The molecule has 0 aliphatic rings. The van der Waals surface area contributed by atoms with Gasteiger partial charge in [0, 0.05) is 11.1 Å². The molecular formula is C15H8F3N5O. The number of fused-ring (bicyclic) bond motifs is 1. The molecule has 0 unspecified atom stereocenters. The van der Waals surface area contributed by atoms with Crippen LogP contribution in [0.2, 0.25) is 0 Å². The van der Waals surface area contributed by atoms with E-state index in [1.807, 2.05) is 0 Å². The molecule has 2 aromatic heterocycles. The molecule has 4 rings (SSSR count). The van der Waals surface area contributed by atoms with Crippen molar-refractivity contribution in [3.63, 3.8) is 0 Å². The maximum atomic E-state index is 12.7. The van der Waals surface area contributed by atoms with Gasteiger partial charge in [-0.05, 0) is 35.5 Å². The van der Waals surface area contributed by atoms with E-state index in [9.17, 15) is 13.2 Å². The smallest absolute Gasteiger partial charge is 0.355 e. The second kappa shape index (κ2) is 5.15. The number of nitrogens with zero attached hydrogens (tertiary/aromatic N) is 4. The fourth-order valence-corrected chi connectivity index (χ4v) is 2.38. The molecule has 2 heterocycles. The summed E-state index contributed by atoms with van der Waals surface area (Å²) in [6, 6.07) is 9.95. The molecule has 1 N–H and O–H groups in total. The van der Waals surface area contributed by atoms with Crippen molar-refractivity contribution in [1.82, 2.24) is 25.8 Å². The second-order valence-corrected chi connectivity index (χ2v) is 5.05. The number of alkyl halides is 3. The van der Waals surface area contributed by atoms with Crippen LogP contribution in [-0.4, -0.2) is 25.8 Å². The zero-order valence-corrected chi connectivity index (χ0v) is 11.9. The van der Waals surface area contributed by atoms with E-state index in [4.69, 9.17) is 4.52 Å². The Balaban J connectivity index is 1.80. The summed E-state index contributed by atoms with van der Waals surface area (Å²) in [7, 11) is 0. The standard InChI is InChI=1S/C15H8F3N5O/c16-15(17,18)10-4-1-8(2-5-10)13-11-7-9(14-19-22-23-20-14)3-6-12(11)21-24-13/h1-7H,(H,19,20,22,23). The summed E-state index contributed by atoms with van der Waals surface area (Å²) in [5.41, 5.74) is 1.04. The fraction of sp³-hybridized carbons (Fsp3) is 0.0667. The van der Waals surface area contributed by atoms with Crippen molar-refractivity contribution in [3.05, 3.63) is 48.0 Å². The van der Waals surface area contributed by atoms with E-state index in [2.05, 4.69) is 25.8 Å². The molecule has 9 heteroatoms. The van der Waals surface area contributed by atoms with Crippen LogP contribution >= 0.6 is 0 Å². The highest BCUT2D eigenvalue weighted by molar-refractivity contribution is 5.94. The molecule has 0 atom stereocenters. The van der Waals surface area contributed by atoms with Gasteiger partial charge in [0.1, 0.15) is 5.52 Å². The lowest BCUT2D eigenvalue weighted by atomic mass is 10.0. The van der Waals surface area contributed by atoms with Gasteiger partial charge in [0.25, 0.3) is 0 Å². The topological polar surface area (TPSA) is 80.5 Å². The van der Waals surface area contributed by atoms with E-state index in [0.717, 1.165) is 12.1 Å². The molecule has 120 valence electrons. The third-order valence-corrected chi connectivity index (χ3v) is 3.55. The monoisotopic (exact) mass is 331 g/mol. The van der Waals surface area contributed by atoms with Crippen LogP contribution in [0.1, 0.15) is 5.56 Å². The first-order valence-corrected chi connectivity index (χ1v) is 6.83. The number of rotatable bonds is 2. The Labute approximate surface area is 132 Å². The van der Waals surface area contributed by atoms with Gasteiger partial charge in [0.2, 0.25) is 5.82 Å². The number of aromatic nitrogens is 5. The minimum absolute atomic E-state index is 0.379. The third kappa shape index (κ3) is 2.39. The number of benzene rings is 2. The zero-order valence-electron chi connectivity index (χ0n) is 11.9. The Kier molecular flexibility index (Phi) is 3.08. The highest BCUT2D eigenvalue weighted by Crippen LogP contribution is 2.34. The number of nitrogens with one attached hydrogen (secondary N) is 1. The highest BCUT2D eigenvalue weighted by atomic mass is 19.4. The van der Waals surface area contributed by atoms with Gasteiger partial charge in [-0.15, -0.1) is 10.2 Å². The molecule has 0 saturated carbocycles. The van der Waals surface area contributed by atoms with Crippen molar-refractivity contribution < 1.29 is 17.7 Å². The molecule has 0 aliphatic carbocycles. The predicted octanol–water partition coefficient (Wildman–Crippen LogP) is 3.69. The number of hydrogen-bond donors (Lipinski definition) is 1. The largest absolute Gasteiger partial charge is 0.416 e. The molecule has 6 nitrogen and oxygen atoms in total. The third-order valence-electron chi connectivity index (χ3n) is 3.55. The SMILES string of the molecule is FC(F)(F)c1ccc(-c2onc3ccc(-c4nn[nH]n4)cc23)cc1. The minimum atomic E-state index is -4.38. The van der Waals surface area contributed by atoms with Gasteiger partial charge in [-0.3, -0.25) is 0 Å². The van der Waals surface area contributed by atoms with Crippen molar-refractivity contribution in [1.29, 1.82) is 0 Å². The Morgan fingerprint density at radius 2 is 1.71 bits per heavy atom. The first kappa shape index (κ1) is 14.4. The number of tetrazole rings is 1. The Hall–Kier alpha value is -3.23. The quantitative estimate of drug-likeness (QED) is 0.606. The molecule has 2 aromatic carbocycles. The van der Waals surface area contributed by atoms with Crippen molar-refractivity contribution >= 4 is 10.9 Å². The van der Waals surface area contributed by atoms with Crippen LogP contribution in [0.5, 0.6) is 0 Å². The molecule has 0 amide bonds. The first-order valence-electron chi connectivity index (χ1n) is 6.83. The first-order chi connectivity index (χ1) is 11.5. The molecule has 0 radical (unpaired) electrons. The molecule has 0 aliphatic heterocycles. The van der Waals surface area contributed by atoms with Crippen molar-refractivity contribution in [3.8, 4) is 22.7 Å². The molecule has 0 fully saturated rings. The molecule has 4 aromatic rings. The average molecular weight is 331 g/mol. The Bertz CT molecular complexity index is 990. The van der Waals surface area contributed by atoms with Gasteiger partial charge < -0.3 is 4.52 Å². The summed E-state index contributed by atoms with van der Waals surface area (Å²) in [6.07, 6.45) is -4.38. The minimum Gasteiger partial charge on any atom is -0.355 e. The summed E-state index contributed by atoms with van der Waals surface area (Å²) in [6.45, 7) is 0. The normalized spacial score (nSPS) is 12.0. The van der Waals surface area contributed by atoms with Crippen LogP contribution in [-0.2, 0) is 6.18 Å². The van der Waals surface area contributed by atoms with Gasteiger partial charge in [0.15, 0.2) is 5.76 Å². The number of aromatic amines is 1. The van der Waals surface area contributed by atoms with Crippen molar-refractivity contribution in [2.75, 3.05) is 0 Å². The van der Waals surface area contributed by atoms with Gasteiger partial charge >= 0.3 is 6.18 Å². The van der Waals surface area contributed by atoms with Gasteiger partial charge in [0.05, 0.1) is 10.9 Å². The number of hydrogen-bond acceptors (Lipinski definition) is 5. The van der Waals surface area contributed by atoms with Gasteiger partial charge in [-0.2, -0.15) is 18.4 Å². The summed E-state index contributed by atoms with van der Waals surface area (Å²) in [4.78, 5) is 0. The zero-order chi connectivity index (χ0) is 16.7. The number of halogens is 3. The summed E-state index contributed by atoms with van der Waals surface area (Å²) in [5.74, 6) is 0.778. The molecule has 24 heavy (non-hydrogen) atoms. The van der Waals surface area contributed by atoms with Gasteiger partial charge in [-0.25, -0.2) is 0 Å². The van der Waals surface area contributed by atoms with E-state index in [0.29, 0.717) is 33.6 Å². The lowest BCUT2D eigenvalue weighted by molar-refractivity contribution is -0.137.